The lowest BCUT2D eigenvalue weighted by Gasteiger charge is -2.32. The van der Waals surface area contributed by atoms with Crippen LogP contribution in [0.1, 0.15) is 68.0 Å². The van der Waals surface area contributed by atoms with Gasteiger partial charge in [0.2, 0.25) is 0 Å². The molecule has 0 spiro atoms. The van der Waals surface area contributed by atoms with Gasteiger partial charge in [0.05, 0.1) is 29.5 Å². The Balaban J connectivity index is 1.28. The first kappa shape index (κ1) is 29.8. The third kappa shape index (κ3) is 5.16. The number of ether oxygens (including phenoxy) is 2. The van der Waals surface area contributed by atoms with E-state index in [0.29, 0.717) is 11.8 Å². The summed E-state index contributed by atoms with van der Waals surface area (Å²) in [5.74, 6) is 4.20. The van der Waals surface area contributed by atoms with Crippen LogP contribution in [-0.2, 0) is 0 Å². The van der Waals surface area contributed by atoms with Crippen molar-refractivity contribution < 1.29 is 9.47 Å². The van der Waals surface area contributed by atoms with E-state index in [-0.39, 0.29) is 0 Å². The molecular formula is C40H42N4O2. The highest BCUT2D eigenvalue weighted by atomic mass is 16.5. The molecule has 6 heteroatoms. The van der Waals surface area contributed by atoms with Gasteiger partial charge in [0, 0.05) is 52.3 Å². The minimum Gasteiger partial charge on any atom is -0.497 e. The molecular weight excluding hydrogens is 568 g/mol. The van der Waals surface area contributed by atoms with Crippen LogP contribution in [0, 0.1) is 26.7 Å². The molecule has 1 aliphatic rings. The number of rotatable bonds is 8. The molecule has 0 saturated heterocycles. The van der Waals surface area contributed by atoms with Crippen LogP contribution < -0.4 is 9.47 Å². The first-order valence-electron chi connectivity index (χ1n) is 16.5. The second-order valence-electron chi connectivity index (χ2n) is 12.5. The number of hydrogen-bond acceptors (Lipinski definition) is 4. The van der Waals surface area contributed by atoms with Crippen molar-refractivity contribution in [1.29, 1.82) is 0 Å². The number of benzene rings is 3. The zero-order chi connectivity index (χ0) is 31.9. The third-order valence-electron chi connectivity index (χ3n) is 9.75. The summed E-state index contributed by atoms with van der Waals surface area (Å²) in [6.07, 6.45) is 8.96. The SMILES string of the molecule is CCC1=CCC[C@H](CC)C1c1c(C)nn(-c2cc(C)cc(Oc3ccc4c5ccccc5n(-c5cc(OC)ccn5)c4c3)c2)c1C. The summed E-state index contributed by atoms with van der Waals surface area (Å²) in [7, 11) is 1.68. The fraction of sp³-hybridized carbons (Fsp3) is 0.300. The summed E-state index contributed by atoms with van der Waals surface area (Å²) in [6, 6.07) is 24.9. The molecule has 6 aromatic rings. The fourth-order valence-corrected chi connectivity index (χ4v) is 7.62. The summed E-state index contributed by atoms with van der Waals surface area (Å²) in [5.41, 5.74) is 9.54. The quantitative estimate of drug-likeness (QED) is 0.161. The van der Waals surface area contributed by atoms with E-state index in [1.807, 2.05) is 18.2 Å². The average molecular weight is 611 g/mol. The van der Waals surface area contributed by atoms with Crippen molar-refractivity contribution in [3.63, 3.8) is 0 Å². The number of hydrogen-bond donors (Lipinski definition) is 0. The van der Waals surface area contributed by atoms with Gasteiger partial charge in [-0.3, -0.25) is 4.57 Å². The highest BCUT2D eigenvalue weighted by Crippen LogP contribution is 2.44. The van der Waals surface area contributed by atoms with Gasteiger partial charge >= 0.3 is 0 Å². The van der Waals surface area contributed by atoms with Gasteiger partial charge in [0.25, 0.3) is 0 Å². The average Bonchev–Trinajstić information content (AvgIpc) is 3.56. The van der Waals surface area contributed by atoms with Crippen LogP contribution in [-0.4, -0.2) is 26.4 Å². The van der Waals surface area contributed by atoms with Crippen LogP contribution in [0.15, 0.2) is 90.6 Å². The molecule has 6 nitrogen and oxygen atoms in total. The second-order valence-corrected chi connectivity index (χ2v) is 12.5. The third-order valence-corrected chi connectivity index (χ3v) is 9.75. The molecule has 0 aliphatic heterocycles. The van der Waals surface area contributed by atoms with Gasteiger partial charge < -0.3 is 9.47 Å². The van der Waals surface area contributed by atoms with E-state index in [1.165, 1.54) is 30.5 Å². The molecule has 2 atom stereocenters. The maximum absolute atomic E-state index is 6.61. The molecule has 7 rings (SSSR count). The standard InChI is InChI=1S/C40H42N4O2/c1-7-28-12-11-13-29(8-2)40(28)39-26(4)42-44(27(39)5)30-20-25(3)21-33(22-30)46-32-16-17-35-34-14-9-10-15-36(34)43(37(35)23-32)38-24-31(45-6)18-19-41-38/h9-10,12,14-24,29,40H,7-8,11,13H2,1-6H3/t29-,40?/m0/s1. The van der Waals surface area contributed by atoms with Crippen LogP contribution in [0.4, 0.5) is 0 Å². The Morgan fingerprint density at radius 3 is 2.48 bits per heavy atom. The number of aryl methyl sites for hydroxylation is 2. The molecule has 0 fully saturated rings. The highest BCUT2D eigenvalue weighted by molar-refractivity contribution is 6.09. The zero-order valence-corrected chi connectivity index (χ0v) is 27.7. The van der Waals surface area contributed by atoms with E-state index in [0.717, 1.165) is 68.2 Å². The topological polar surface area (TPSA) is 54.1 Å². The van der Waals surface area contributed by atoms with Gasteiger partial charge in [-0.1, -0.05) is 50.1 Å². The molecule has 46 heavy (non-hydrogen) atoms. The van der Waals surface area contributed by atoms with Crippen LogP contribution in [0.25, 0.3) is 33.3 Å². The van der Waals surface area contributed by atoms with Crippen molar-refractivity contribution in [2.45, 2.75) is 66.2 Å². The molecule has 0 N–H and O–H groups in total. The molecule has 3 aromatic carbocycles. The van der Waals surface area contributed by atoms with Crippen molar-refractivity contribution in [2.24, 2.45) is 5.92 Å². The van der Waals surface area contributed by atoms with Gasteiger partial charge in [0.15, 0.2) is 0 Å². The minimum absolute atomic E-state index is 0.440. The van der Waals surface area contributed by atoms with Crippen LogP contribution in [0.5, 0.6) is 17.2 Å². The summed E-state index contributed by atoms with van der Waals surface area (Å²) in [4.78, 5) is 4.70. The number of fused-ring (bicyclic) bond motifs is 3. The zero-order valence-electron chi connectivity index (χ0n) is 27.7. The van der Waals surface area contributed by atoms with Gasteiger partial charge in [0.1, 0.15) is 23.1 Å². The molecule has 0 amide bonds. The number of pyridine rings is 1. The first-order valence-corrected chi connectivity index (χ1v) is 16.5. The lowest BCUT2D eigenvalue weighted by molar-refractivity contribution is 0.393. The number of nitrogens with zero attached hydrogens (tertiary/aromatic N) is 4. The van der Waals surface area contributed by atoms with Gasteiger partial charge in [-0.05, 0) is 87.9 Å². The first-order chi connectivity index (χ1) is 22.4. The Hall–Kier alpha value is -4.84. The Morgan fingerprint density at radius 2 is 1.67 bits per heavy atom. The Morgan fingerprint density at radius 1 is 0.848 bits per heavy atom. The largest absolute Gasteiger partial charge is 0.497 e. The minimum atomic E-state index is 0.440. The van der Waals surface area contributed by atoms with Crippen LogP contribution in [0.3, 0.4) is 0 Å². The van der Waals surface area contributed by atoms with Gasteiger partial charge in [-0.25, -0.2) is 9.67 Å². The van der Waals surface area contributed by atoms with Crippen LogP contribution in [0.2, 0.25) is 0 Å². The van der Waals surface area contributed by atoms with Gasteiger partial charge in [-0.15, -0.1) is 0 Å². The van der Waals surface area contributed by atoms with Crippen molar-refractivity contribution in [3.8, 4) is 28.8 Å². The van der Waals surface area contributed by atoms with Crippen molar-refractivity contribution in [3.05, 3.63) is 113 Å². The smallest absolute Gasteiger partial charge is 0.141 e. The van der Waals surface area contributed by atoms with Crippen LogP contribution >= 0.6 is 0 Å². The normalized spacial score (nSPS) is 16.6. The molecule has 0 radical (unpaired) electrons. The van der Waals surface area contributed by atoms with Crippen molar-refractivity contribution >= 4 is 21.8 Å². The lowest BCUT2D eigenvalue weighted by atomic mass is 9.72. The van der Waals surface area contributed by atoms with E-state index < -0.39 is 0 Å². The predicted octanol–water partition coefficient (Wildman–Crippen LogP) is 10.3. The molecule has 234 valence electrons. The number of para-hydroxylation sites is 1. The number of methoxy groups -OCH3 is 1. The maximum atomic E-state index is 6.61. The van der Waals surface area contributed by atoms with E-state index >= 15 is 0 Å². The highest BCUT2D eigenvalue weighted by Gasteiger charge is 2.32. The monoisotopic (exact) mass is 610 g/mol. The lowest BCUT2D eigenvalue weighted by Crippen LogP contribution is -2.19. The Labute approximate surface area is 271 Å². The van der Waals surface area contributed by atoms with Crippen molar-refractivity contribution in [1.82, 2.24) is 19.3 Å². The maximum Gasteiger partial charge on any atom is 0.141 e. The summed E-state index contributed by atoms with van der Waals surface area (Å²) in [5, 5.41) is 7.42. The van der Waals surface area contributed by atoms with Crippen molar-refractivity contribution in [2.75, 3.05) is 7.11 Å². The molecule has 1 unspecified atom stereocenters. The number of aromatic nitrogens is 4. The predicted molar refractivity (Wildman–Crippen MR) is 187 cm³/mol. The summed E-state index contributed by atoms with van der Waals surface area (Å²) >= 11 is 0. The summed E-state index contributed by atoms with van der Waals surface area (Å²) in [6.45, 7) is 11.1. The number of allylic oxidation sites excluding steroid dienone is 2. The molecule has 3 aromatic heterocycles. The second kappa shape index (κ2) is 12.2. The Kier molecular flexibility index (Phi) is 7.89. The molecule has 3 heterocycles. The van der Waals surface area contributed by atoms with E-state index in [1.54, 1.807) is 18.9 Å². The molecule has 0 bridgehead atoms. The summed E-state index contributed by atoms with van der Waals surface area (Å²) < 4.78 is 16.4. The fourth-order valence-electron chi connectivity index (χ4n) is 7.62. The Bertz CT molecular complexity index is 2100. The van der Waals surface area contributed by atoms with Gasteiger partial charge in [-0.2, -0.15) is 5.10 Å². The van der Waals surface area contributed by atoms with E-state index in [4.69, 9.17) is 19.6 Å². The van der Waals surface area contributed by atoms with E-state index in [9.17, 15) is 0 Å². The molecule has 0 saturated carbocycles. The molecule has 1 aliphatic carbocycles. The van der Waals surface area contributed by atoms with E-state index in [2.05, 4.69) is 105 Å².